The van der Waals surface area contributed by atoms with E-state index in [4.69, 9.17) is 5.11 Å². The molecule has 2 nitrogen and oxygen atoms in total. The van der Waals surface area contributed by atoms with Crippen LogP contribution in [0.15, 0.2) is 12.7 Å². The van der Waals surface area contributed by atoms with Crippen molar-refractivity contribution in [2.75, 3.05) is 0 Å². The highest BCUT2D eigenvalue weighted by molar-refractivity contribution is 5.76. The summed E-state index contributed by atoms with van der Waals surface area (Å²) in [7, 11) is 0. The van der Waals surface area contributed by atoms with Crippen molar-refractivity contribution in [3.05, 3.63) is 12.7 Å². The molecule has 0 heterocycles. The number of allylic oxidation sites excluding steroid dienone is 1. The van der Waals surface area contributed by atoms with Gasteiger partial charge in [0.1, 0.15) is 0 Å². The van der Waals surface area contributed by atoms with Crippen molar-refractivity contribution in [3.63, 3.8) is 0 Å². The van der Waals surface area contributed by atoms with Gasteiger partial charge in [-0.3, -0.25) is 4.79 Å². The van der Waals surface area contributed by atoms with E-state index in [1.54, 1.807) is 6.08 Å². The van der Waals surface area contributed by atoms with Gasteiger partial charge in [-0.05, 0) is 11.3 Å². The zero-order chi connectivity index (χ0) is 7.94. The Morgan fingerprint density at radius 3 is 2.30 bits per heavy atom. The molecule has 1 aliphatic rings. The molecule has 56 valence electrons. The summed E-state index contributed by atoms with van der Waals surface area (Å²) in [6.07, 6.45) is 1.73. The van der Waals surface area contributed by atoms with Crippen LogP contribution in [0.4, 0.5) is 0 Å². The molecule has 10 heavy (non-hydrogen) atoms. The van der Waals surface area contributed by atoms with E-state index in [2.05, 4.69) is 6.58 Å². The van der Waals surface area contributed by atoms with Crippen molar-refractivity contribution in [3.8, 4) is 0 Å². The molecular formula is C8H12O2. The van der Waals surface area contributed by atoms with Crippen LogP contribution in [-0.4, -0.2) is 11.1 Å². The molecule has 0 aromatic carbocycles. The van der Waals surface area contributed by atoms with E-state index in [1.807, 2.05) is 13.8 Å². The van der Waals surface area contributed by atoms with Crippen molar-refractivity contribution in [1.82, 2.24) is 0 Å². The van der Waals surface area contributed by atoms with Crippen LogP contribution >= 0.6 is 0 Å². The van der Waals surface area contributed by atoms with Crippen molar-refractivity contribution < 1.29 is 9.90 Å². The standard InChI is InChI=1S/C8H12O2/c1-4-5-6(7(9)10)8(5,2)3/h4-6H,1H2,2-3H3,(H,9,10). The van der Waals surface area contributed by atoms with Crippen LogP contribution in [-0.2, 0) is 4.79 Å². The smallest absolute Gasteiger partial charge is 0.307 e. The average molecular weight is 140 g/mol. The molecule has 1 aliphatic carbocycles. The number of hydrogen-bond acceptors (Lipinski definition) is 1. The summed E-state index contributed by atoms with van der Waals surface area (Å²) in [6, 6.07) is 0. The maximum absolute atomic E-state index is 10.5. The minimum atomic E-state index is -0.699. The molecule has 0 saturated heterocycles. The van der Waals surface area contributed by atoms with Gasteiger partial charge in [0.2, 0.25) is 0 Å². The fourth-order valence-corrected chi connectivity index (χ4v) is 1.59. The lowest BCUT2D eigenvalue weighted by molar-refractivity contribution is -0.139. The lowest BCUT2D eigenvalue weighted by Gasteiger charge is -1.95. The predicted molar refractivity (Wildman–Crippen MR) is 38.6 cm³/mol. The Kier molecular flexibility index (Phi) is 1.35. The second-order valence-corrected chi connectivity index (χ2v) is 3.40. The molecule has 1 rings (SSSR count). The number of carbonyl (C=O) groups is 1. The molecule has 0 aliphatic heterocycles. The highest BCUT2D eigenvalue weighted by Gasteiger charge is 2.60. The first-order valence-electron chi connectivity index (χ1n) is 3.37. The summed E-state index contributed by atoms with van der Waals surface area (Å²) in [6.45, 7) is 7.50. The predicted octanol–water partition coefficient (Wildman–Crippen LogP) is 1.53. The number of aliphatic carboxylic acids is 1. The highest BCUT2D eigenvalue weighted by Crippen LogP contribution is 2.58. The average Bonchev–Trinajstić information content (AvgIpc) is 2.33. The van der Waals surface area contributed by atoms with Gasteiger partial charge in [-0.2, -0.15) is 0 Å². The number of rotatable bonds is 2. The number of carboxylic acids is 1. The van der Waals surface area contributed by atoms with Gasteiger partial charge in [0.05, 0.1) is 5.92 Å². The van der Waals surface area contributed by atoms with E-state index in [0.29, 0.717) is 0 Å². The first kappa shape index (κ1) is 7.32. The van der Waals surface area contributed by atoms with Crippen molar-refractivity contribution >= 4 is 5.97 Å². The Morgan fingerprint density at radius 2 is 2.20 bits per heavy atom. The van der Waals surface area contributed by atoms with Crippen LogP contribution in [0.3, 0.4) is 0 Å². The summed E-state index contributed by atoms with van der Waals surface area (Å²) in [5.74, 6) is -0.732. The molecule has 0 bridgehead atoms. The monoisotopic (exact) mass is 140 g/mol. The summed E-state index contributed by atoms with van der Waals surface area (Å²) in [5.41, 5.74) is -0.0619. The minimum Gasteiger partial charge on any atom is -0.481 e. The molecular weight excluding hydrogens is 128 g/mol. The van der Waals surface area contributed by atoms with Crippen molar-refractivity contribution in [2.24, 2.45) is 17.3 Å². The van der Waals surface area contributed by atoms with E-state index < -0.39 is 5.97 Å². The third-order valence-corrected chi connectivity index (χ3v) is 2.43. The van der Waals surface area contributed by atoms with Crippen molar-refractivity contribution in [2.45, 2.75) is 13.8 Å². The van der Waals surface area contributed by atoms with E-state index in [9.17, 15) is 4.79 Å². The Hall–Kier alpha value is -0.790. The first-order chi connectivity index (χ1) is 4.51. The zero-order valence-electron chi connectivity index (χ0n) is 6.29. The van der Waals surface area contributed by atoms with Crippen molar-refractivity contribution in [1.29, 1.82) is 0 Å². The molecule has 0 aromatic heterocycles. The van der Waals surface area contributed by atoms with Gasteiger partial charge in [0.15, 0.2) is 0 Å². The van der Waals surface area contributed by atoms with Gasteiger partial charge in [-0.15, -0.1) is 6.58 Å². The molecule has 0 radical (unpaired) electrons. The Labute approximate surface area is 60.6 Å². The third kappa shape index (κ3) is 0.753. The molecule has 2 atom stereocenters. The summed E-state index contributed by atoms with van der Waals surface area (Å²) in [5, 5.41) is 8.64. The maximum atomic E-state index is 10.5. The highest BCUT2D eigenvalue weighted by atomic mass is 16.4. The first-order valence-corrected chi connectivity index (χ1v) is 3.37. The summed E-state index contributed by atoms with van der Waals surface area (Å²) < 4.78 is 0. The van der Waals surface area contributed by atoms with Gasteiger partial charge < -0.3 is 5.11 Å². The molecule has 1 saturated carbocycles. The fraction of sp³-hybridized carbons (Fsp3) is 0.625. The summed E-state index contributed by atoms with van der Waals surface area (Å²) >= 11 is 0. The quantitative estimate of drug-likeness (QED) is 0.590. The van der Waals surface area contributed by atoms with E-state index >= 15 is 0 Å². The molecule has 1 N–H and O–H groups in total. The van der Waals surface area contributed by atoms with Gasteiger partial charge >= 0.3 is 5.97 Å². The zero-order valence-corrected chi connectivity index (χ0v) is 6.29. The topological polar surface area (TPSA) is 37.3 Å². The third-order valence-electron chi connectivity index (χ3n) is 2.43. The Morgan fingerprint density at radius 1 is 1.70 bits per heavy atom. The van der Waals surface area contributed by atoms with E-state index in [1.165, 1.54) is 0 Å². The van der Waals surface area contributed by atoms with Gasteiger partial charge in [-0.1, -0.05) is 19.9 Å². The van der Waals surface area contributed by atoms with Gasteiger partial charge in [0, 0.05) is 0 Å². The largest absolute Gasteiger partial charge is 0.481 e. The molecule has 2 unspecified atom stereocenters. The van der Waals surface area contributed by atoms with Crippen LogP contribution in [0.1, 0.15) is 13.8 Å². The lowest BCUT2D eigenvalue weighted by atomic mass is 10.1. The van der Waals surface area contributed by atoms with E-state index in [0.717, 1.165) is 0 Å². The van der Waals surface area contributed by atoms with Gasteiger partial charge in [-0.25, -0.2) is 0 Å². The molecule has 0 amide bonds. The molecule has 0 spiro atoms. The lowest BCUT2D eigenvalue weighted by Crippen LogP contribution is -2.02. The van der Waals surface area contributed by atoms with Crippen LogP contribution < -0.4 is 0 Å². The summed E-state index contributed by atoms with van der Waals surface area (Å²) in [4.78, 5) is 10.5. The maximum Gasteiger partial charge on any atom is 0.307 e. The molecule has 2 heteroatoms. The molecule has 0 aromatic rings. The number of carboxylic acid groups (broad SMARTS) is 1. The minimum absolute atomic E-state index is 0.0619. The van der Waals surface area contributed by atoms with Crippen LogP contribution in [0.5, 0.6) is 0 Å². The Bertz CT molecular complexity index is 182. The van der Waals surface area contributed by atoms with Crippen LogP contribution in [0, 0.1) is 17.3 Å². The second-order valence-electron chi connectivity index (χ2n) is 3.40. The van der Waals surface area contributed by atoms with E-state index in [-0.39, 0.29) is 17.3 Å². The normalized spacial score (nSPS) is 35.0. The SMILES string of the molecule is C=CC1C(C(=O)O)C1(C)C. The number of hydrogen-bond donors (Lipinski definition) is 1. The second kappa shape index (κ2) is 1.84. The van der Waals surface area contributed by atoms with Gasteiger partial charge in [0.25, 0.3) is 0 Å². The fourth-order valence-electron chi connectivity index (χ4n) is 1.59. The molecule has 1 fully saturated rings. The Balaban J connectivity index is 2.70. The van der Waals surface area contributed by atoms with Crippen LogP contribution in [0.2, 0.25) is 0 Å². The van der Waals surface area contributed by atoms with Crippen LogP contribution in [0.25, 0.3) is 0 Å².